The van der Waals surface area contributed by atoms with Crippen molar-refractivity contribution in [2.24, 2.45) is 0 Å². The van der Waals surface area contributed by atoms with Crippen molar-refractivity contribution in [1.82, 2.24) is 9.80 Å². The summed E-state index contributed by atoms with van der Waals surface area (Å²) in [5.74, 6) is -0.128. The number of nitro groups is 2. The minimum absolute atomic E-state index is 0.0541. The zero-order valence-corrected chi connectivity index (χ0v) is 16.5. The Morgan fingerprint density at radius 1 is 1.03 bits per heavy atom. The number of carbonyl (C=O) groups excluding carboxylic acids is 1. The molecule has 1 saturated heterocycles. The second-order valence-corrected chi connectivity index (χ2v) is 6.87. The van der Waals surface area contributed by atoms with Crippen LogP contribution < -0.4 is 4.74 Å². The third-order valence-electron chi connectivity index (χ3n) is 4.89. The van der Waals surface area contributed by atoms with Gasteiger partial charge in [0.25, 0.3) is 11.6 Å². The highest BCUT2D eigenvalue weighted by molar-refractivity contribution is 5.95. The van der Waals surface area contributed by atoms with E-state index in [1.165, 1.54) is 24.3 Å². The summed E-state index contributed by atoms with van der Waals surface area (Å²) in [4.78, 5) is 37.8. The van der Waals surface area contributed by atoms with E-state index in [9.17, 15) is 25.0 Å². The molecule has 0 N–H and O–H groups in total. The first-order chi connectivity index (χ1) is 14.4. The number of piperazine rings is 1. The van der Waals surface area contributed by atoms with Gasteiger partial charge in [0, 0.05) is 56.5 Å². The van der Waals surface area contributed by atoms with Crippen LogP contribution >= 0.6 is 0 Å². The van der Waals surface area contributed by atoms with Crippen LogP contribution in [0.25, 0.3) is 0 Å². The van der Waals surface area contributed by atoms with Crippen molar-refractivity contribution >= 4 is 17.3 Å². The zero-order valence-electron chi connectivity index (χ0n) is 16.5. The number of amides is 1. The van der Waals surface area contributed by atoms with Crippen molar-refractivity contribution < 1.29 is 19.4 Å². The van der Waals surface area contributed by atoms with E-state index in [-0.39, 0.29) is 28.6 Å². The van der Waals surface area contributed by atoms with Gasteiger partial charge >= 0.3 is 5.69 Å². The number of hydrogen-bond acceptors (Lipinski definition) is 7. The highest BCUT2D eigenvalue weighted by atomic mass is 16.6. The summed E-state index contributed by atoms with van der Waals surface area (Å²) in [5.41, 5.74) is 0.911. The molecule has 0 radical (unpaired) electrons. The molecule has 2 aromatic rings. The molecule has 2 aromatic carbocycles. The normalized spacial score (nSPS) is 14.4. The van der Waals surface area contributed by atoms with Gasteiger partial charge in [0.1, 0.15) is 0 Å². The minimum atomic E-state index is -0.557. The van der Waals surface area contributed by atoms with Gasteiger partial charge in [0.15, 0.2) is 5.75 Å². The molecule has 0 spiro atoms. The number of hydrogen-bond donors (Lipinski definition) is 0. The van der Waals surface area contributed by atoms with Gasteiger partial charge in [0.05, 0.1) is 16.5 Å². The molecule has 0 saturated carbocycles. The largest absolute Gasteiger partial charge is 0.487 e. The standard InChI is InChI=1S/C20H22N4O6/c1-2-30-19-7-6-16(13-18(19)24(28)29)20(25)22-10-8-21(9-11-22)14-15-4-3-5-17(12-15)23(26)27/h3-7,12-13H,2,8-11,14H2,1H3. The Kier molecular flexibility index (Phi) is 6.58. The van der Waals surface area contributed by atoms with Crippen LogP contribution in [-0.4, -0.2) is 58.3 Å². The fraction of sp³-hybridized carbons (Fsp3) is 0.350. The van der Waals surface area contributed by atoms with Crippen molar-refractivity contribution in [3.05, 3.63) is 73.8 Å². The lowest BCUT2D eigenvalue weighted by Gasteiger charge is -2.34. The van der Waals surface area contributed by atoms with Gasteiger partial charge < -0.3 is 9.64 Å². The lowest BCUT2D eigenvalue weighted by Crippen LogP contribution is -2.48. The SMILES string of the molecule is CCOc1ccc(C(=O)N2CCN(Cc3cccc([N+](=O)[O-])c3)CC2)cc1[N+](=O)[O-]. The summed E-state index contributed by atoms with van der Waals surface area (Å²) in [5, 5.41) is 22.2. The third kappa shape index (κ3) is 4.90. The van der Waals surface area contributed by atoms with E-state index >= 15 is 0 Å². The Labute approximate surface area is 173 Å². The van der Waals surface area contributed by atoms with E-state index < -0.39 is 9.85 Å². The first-order valence-corrected chi connectivity index (χ1v) is 9.55. The molecule has 30 heavy (non-hydrogen) atoms. The molecular weight excluding hydrogens is 392 g/mol. The van der Waals surface area contributed by atoms with Gasteiger partial charge in [0.2, 0.25) is 0 Å². The lowest BCUT2D eigenvalue weighted by molar-refractivity contribution is -0.385. The number of nitro benzene ring substituents is 2. The molecule has 3 rings (SSSR count). The van der Waals surface area contributed by atoms with Gasteiger partial charge in [-0.15, -0.1) is 0 Å². The van der Waals surface area contributed by atoms with Gasteiger partial charge in [-0.2, -0.15) is 0 Å². The molecule has 1 aliphatic rings. The number of carbonyl (C=O) groups is 1. The molecule has 1 aliphatic heterocycles. The molecule has 10 heteroatoms. The fourth-order valence-corrected chi connectivity index (χ4v) is 3.39. The Balaban J connectivity index is 1.63. The van der Waals surface area contributed by atoms with Crippen LogP contribution in [0.3, 0.4) is 0 Å². The van der Waals surface area contributed by atoms with E-state index in [2.05, 4.69) is 4.90 Å². The third-order valence-corrected chi connectivity index (χ3v) is 4.89. The molecule has 0 aliphatic carbocycles. The van der Waals surface area contributed by atoms with Crippen LogP contribution in [0.1, 0.15) is 22.8 Å². The molecular formula is C20H22N4O6. The molecule has 1 fully saturated rings. The van der Waals surface area contributed by atoms with Crippen molar-refractivity contribution in [3.8, 4) is 5.75 Å². The van der Waals surface area contributed by atoms with Crippen molar-refractivity contribution in [2.45, 2.75) is 13.5 Å². The van der Waals surface area contributed by atoms with Crippen LogP contribution in [0.2, 0.25) is 0 Å². The maximum absolute atomic E-state index is 12.8. The molecule has 1 heterocycles. The number of nitrogens with zero attached hydrogens (tertiary/aromatic N) is 4. The van der Waals surface area contributed by atoms with Crippen LogP contribution in [0.5, 0.6) is 5.75 Å². The van der Waals surface area contributed by atoms with Crippen LogP contribution in [0.4, 0.5) is 11.4 Å². The Morgan fingerprint density at radius 2 is 1.77 bits per heavy atom. The molecule has 0 unspecified atom stereocenters. The Hall–Kier alpha value is -3.53. The van der Waals surface area contributed by atoms with Gasteiger partial charge in [-0.1, -0.05) is 12.1 Å². The van der Waals surface area contributed by atoms with E-state index in [1.54, 1.807) is 24.0 Å². The average molecular weight is 414 g/mol. The van der Waals surface area contributed by atoms with Crippen LogP contribution in [0.15, 0.2) is 42.5 Å². The quantitative estimate of drug-likeness (QED) is 0.505. The summed E-state index contributed by atoms with van der Waals surface area (Å²) in [6.45, 7) is 4.72. The fourth-order valence-electron chi connectivity index (χ4n) is 3.39. The molecule has 0 bridgehead atoms. The van der Waals surface area contributed by atoms with E-state index in [4.69, 9.17) is 4.74 Å². The topological polar surface area (TPSA) is 119 Å². The second-order valence-electron chi connectivity index (χ2n) is 6.87. The van der Waals surface area contributed by atoms with E-state index in [0.717, 1.165) is 5.56 Å². The van der Waals surface area contributed by atoms with Crippen LogP contribution in [-0.2, 0) is 6.54 Å². The van der Waals surface area contributed by atoms with Crippen molar-refractivity contribution in [1.29, 1.82) is 0 Å². The minimum Gasteiger partial charge on any atom is -0.487 e. The number of benzene rings is 2. The Bertz CT molecular complexity index is 956. The summed E-state index contributed by atoms with van der Waals surface area (Å²) in [6.07, 6.45) is 0. The smallest absolute Gasteiger partial charge is 0.311 e. The van der Waals surface area contributed by atoms with E-state index in [0.29, 0.717) is 39.3 Å². The highest BCUT2D eigenvalue weighted by Crippen LogP contribution is 2.28. The molecule has 0 aromatic heterocycles. The van der Waals surface area contributed by atoms with Crippen LogP contribution in [0, 0.1) is 20.2 Å². The summed E-state index contributed by atoms with van der Waals surface area (Å²) in [6, 6.07) is 10.7. The maximum atomic E-state index is 12.8. The highest BCUT2D eigenvalue weighted by Gasteiger charge is 2.25. The zero-order chi connectivity index (χ0) is 21.7. The number of ether oxygens (including phenoxy) is 1. The predicted molar refractivity (Wildman–Crippen MR) is 109 cm³/mol. The first kappa shape index (κ1) is 21.2. The molecule has 158 valence electrons. The van der Waals surface area contributed by atoms with E-state index in [1.807, 2.05) is 6.07 Å². The molecule has 10 nitrogen and oxygen atoms in total. The predicted octanol–water partition coefficient (Wildman–Crippen LogP) is 2.86. The van der Waals surface area contributed by atoms with Gasteiger partial charge in [-0.25, -0.2) is 0 Å². The summed E-state index contributed by atoms with van der Waals surface area (Å²) >= 11 is 0. The number of non-ortho nitro benzene ring substituents is 1. The number of rotatable bonds is 7. The first-order valence-electron chi connectivity index (χ1n) is 9.55. The maximum Gasteiger partial charge on any atom is 0.311 e. The summed E-state index contributed by atoms with van der Waals surface area (Å²) < 4.78 is 5.26. The van der Waals surface area contributed by atoms with Gasteiger partial charge in [-0.05, 0) is 24.6 Å². The Morgan fingerprint density at radius 3 is 2.40 bits per heavy atom. The molecule has 0 atom stereocenters. The second kappa shape index (κ2) is 9.31. The lowest BCUT2D eigenvalue weighted by atomic mass is 10.1. The monoisotopic (exact) mass is 414 g/mol. The van der Waals surface area contributed by atoms with Crippen molar-refractivity contribution in [3.63, 3.8) is 0 Å². The summed E-state index contributed by atoms with van der Waals surface area (Å²) in [7, 11) is 0. The van der Waals surface area contributed by atoms with Crippen molar-refractivity contribution in [2.75, 3.05) is 32.8 Å². The average Bonchev–Trinajstić information content (AvgIpc) is 2.74. The molecule has 1 amide bonds. The van der Waals surface area contributed by atoms with Gasteiger partial charge in [-0.3, -0.25) is 29.9 Å².